The van der Waals surface area contributed by atoms with Crippen LogP contribution in [0.3, 0.4) is 0 Å². The summed E-state index contributed by atoms with van der Waals surface area (Å²) >= 11 is 0. The molecule has 50 heavy (non-hydrogen) atoms. The van der Waals surface area contributed by atoms with Crippen LogP contribution in [0.25, 0.3) is 33.6 Å². The van der Waals surface area contributed by atoms with Gasteiger partial charge in [-0.25, -0.2) is 4.98 Å². The maximum Gasteiger partial charge on any atom is 0.136 e. The Morgan fingerprint density at radius 2 is 1.30 bits per heavy atom. The van der Waals surface area contributed by atoms with E-state index >= 15 is 0 Å². The molecule has 7 rings (SSSR count). The van der Waals surface area contributed by atoms with Gasteiger partial charge in [0.25, 0.3) is 0 Å². The standard InChI is InChI=1S/C45H38N3O.Pt/c1-45(2,3)37-27-36(28-39(31-37)48(38-19-11-6-12-20-38)44-21-13-14-24-46-44)41-29-35(34-17-9-5-10-18-34)30-42(47-41)40-26-33(22-23-43(40)49)25-32-15-7-4-8-16-32;/h4-24,26-27,29-31,49H,25H2,1-3H3;/q-1;. The molecule has 0 saturated carbocycles. The Kier molecular flexibility index (Phi) is 10.4. The number of phenolic OH excluding ortho intramolecular Hbond substituents is 1. The Morgan fingerprint density at radius 1 is 0.640 bits per heavy atom. The molecule has 2 aromatic heterocycles. The summed E-state index contributed by atoms with van der Waals surface area (Å²) in [5.74, 6) is 0.993. The summed E-state index contributed by atoms with van der Waals surface area (Å²) in [5, 5.41) is 11.2. The quantitative estimate of drug-likeness (QED) is 0.155. The third-order valence-electron chi connectivity index (χ3n) is 8.65. The van der Waals surface area contributed by atoms with E-state index in [0.717, 1.165) is 57.1 Å². The Hall–Kier alpha value is -5.31. The van der Waals surface area contributed by atoms with E-state index in [4.69, 9.17) is 9.97 Å². The van der Waals surface area contributed by atoms with Crippen molar-refractivity contribution in [3.8, 4) is 39.4 Å². The average molecular weight is 832 g/mol. The summed E-state index contributed by atoms with van der Waals surface area (Å²) in [7, 11) is 0. The molecule has 0 aliphatic carbocycles. The Morgan fingerprint density at radius 3 is 1.98 bits per heavy atom. The third-order valence-corrected chi connectivity index (χ3v) is 8.65. The van der Waals surface area contributed by atoms with Crippen LogP contribution in [0, 0.1) is 6.07 Å². The first-order chi connectivity index (χ1) is 23.8. The Balaban J connectivity index is 0.00000432. The molecule has 1 N–H and O–H groups in total. The largest absolute Gasteiger partial charge is 0.507 e. The molecular formula is C45H38N3OPt-. The fourth-order valence-corrected chi connectivity index (χ4v) is 6.04. The predicted molar refractivity (Wildman–Crippen MR) is 201 cm³/mol. The minimum atomic E-state index is -0.158. The maximum atomic E-state index is 11.2. The van der Waals surface area contributed by atoms with E-state index in [-0.39, 0.29) is 32.2 Å². The van der Waals surface area contributed by atoms with Crippen molar-refractivity contribution in [2.45, 2.75) is 32.6 Å². The molecule has 4 nitrogen and oxygen atoms in total. The van der Waals surface area contributed by atoms with Crippen LogP contribution in [0.5, 0.6) is 5.75 Å². The SMILES string of the molecule is CC(C)(C)c1cc(-c2cc(-c3ccccc3)cc(-c3cc(Cc4ccccc4)ccc3O)n2)[c-]c(N(c2ccccc2)c2ccccn2)c1.[Pt]. The van der Waals surface area contributed by atoms with Gasteiger partial charge in [-0.2, -0.15) is 0 Å². The number of rotatable bonds is 8. The van der Waals surface area contributed by atoms with Crippen LogP contribution in [0.15, 0.2) is 158 Å². The van der Waals surface area contributed by atoms with Crippen LogP contribution >= 0.6 is 0 Å². The molecule has 7 aromatic rings. The number of hydrogen-bond donors (Lipinski definition) is 1. The molecule has 0 fully saturated rings. The number of benzene rings is 5. The van der Waals surface area contributed by atoms with Crippen LogP contribution < -0.4 is 4.90 Å². The first kappa shape index (κ1) is 34.5. The van der Waals surface area contributed by atoms with Gasteiger partial charge in [-0.3, -0.25) is 4.98 Å². The zero-order chi connectivity index (χ0) is 33.8. The minimum Gasteiger partial charge on any atom is -0.507 e. The number of nitrogens with zero attached hydrogens (tertiary/aromatic N) is 3. The van der Waals surface area contributed by atoms with Crippen LogP contribution in [-0.2, 0) is 32.9 Å². The molecule has 0 radical (unpaired) electrons. The van der Waals surface area contributed by atoms with E-state index in [1.54, 1.807) is 6.07 Å². The fraction of sp³-hybridized carbons (Fsp3) is 0.111. The van der Waals surface area contributed by atoms with E-state index in [9.17, 15) is 5.11 Å². The van der Waals surface area contributed by atoms with Crippen LogP contribution in [-0.4, -0.2) is 15.1 Å². The van der Waals surface area contributed by atoms with E-state index in [1.807, 2.05) is 72.9 Å². The van der Waals surface area contributed by atoms with Crippen LogP contribution in [0.2, 0.25) is 0 Å². The van der Waals surface area contributed by atoms with E-state index in [2.05, 4.69) is 111 Å². The second-order valence-electron chi connectivity index (χ2n) is 13.3. The van der Waals surface area contributed by atoms with Gasteiger partial charge < -0.3 is 10.0 Å². The molecule has 0 bridgehead atoms. The van der Waals surface area contributed by atoms with Gasteiger partial charge in [-0.15, -0.1) is 29.3 Å². The van der Waals surface area contributed by atoms with E-state index in [1.165, 1.54) is 5.56 Å². The molecule has 5 heteroatoms. The summed E-state index contributed by atoms with van der Waals surface area (Å²) in [6.45, 7) is 6.66. The molecule has 0 unspecified atom stereocenters. The van der Waals surface area contributed by atoms with Gasteiger partial charge in [0.05, 0.1) is 5.69 Å². The zero-order valence-corrected chi connectivity index (χ0v) is 30.6. The number of aromatic nitrogens is 2. The minimum absolute atomic E-state index is 0. The van der Waals surface area contributed by atoms with Gasteiger partial charge in [-0.1, -0.05) is 118 Å². The van der Waals surface area contributed by atoms with Gasteiger partial charge in [-0.05, 0) is 87.9 Å². The number of phenols is 1. The fourth-order valence-electron chi connectivity index (χ4n) is 6.04. The molecular weight excluding hydrogens is 794 g/mol. The summed E-state index contributed by atoms with van der Waals surface area (Å²) < 4.78 is 0. The van der Waals surface area contributed by atoms with Crippen molar-refractivity contribution in [3.63, 3.8) is 0 Å². The van der Waals surface area contributed by atoms with Crippen molar-refractivity contribution in [1.82, 2.24) is 9.97 Å². The number of aromatic hydroxyl groups is 1. The van der Waals surface area contributed by atoms with Gasteiger partial charge in [0.2, 0.25) is 0 Å². The van der Waals surface area contributed by atoms with Crippen molar-refractivity contribution in [2.75, 3.05) is 4.90 Å². The van der Waals surface area contributed by atoms with Gasteiger partial charge in [0.15, 0.2) is 0 Å². The van der Waals surface area contributed by atoms with Crippen molar-refractivity contribution in [3.05, 3.63) is 181 Å². The molecule has 250 valence electrons. The summed E-state index contributed by atoms with van der Waals surface area (Å²) in [6, 6.07) is 55.1. The third kappa shape index (κ3) is 7.77. The molecule has 0 aliphatic rings. The topological polar surface area (TPSA) is 49.3 Å². The predicted octanol–water partition coefficient (Wildman–Crippen LogP) is 11.3. The summed E-state index contributed by atoms with van der Waals surface area (Å²) in [6.07, 6.45) is 2.57. The van der Waals surface area contributed by atoms with Crippen molar-refractivity contribution in [1.29, 1.82) is 0 Å². The van der Waals surface area contributed by atoms with E-state index < -0.39 is 0 Å². The molecule has 0 saturated heterocycles. The summed E-state index contributed by atoms with van der Waals surface area (Å²) in [4.78, 5) is 12.1. The summed E-state index contributed by atoms with van der Waals surface area (Å²) in [5.41, 5.74) is 10.3. The monoisotopic (exact) mass is 831 g/mol. The second kappa shape index (κ2) is 15.1. The second-order valence-corrected chi connectivity index (χ2v) is 13.3. The van der Waals surface area contributed by atoms with Gasteiger partial charge in [0, 0.05) is 38.5 Å². The van der Waals surface area contributed by atoms with E-state index in [0.29, 0.717) is 11.3 Å². The van der Waals surface area contributed by atoms with Crippen molar-refractivity contribution < 1.29 is 26.2 Å². The number of anilines is 3. The molecule has 0 amide bonds. The molecule has 2 heterocycles. The molecule has 0 atom stereocenters. The molecule has 0 aliphatic heterocycles. The zero-order valence-electron chi connectivity index (χ0n) is 28.3. The molecule has 5 aromatic carbocycles. The van der Waals surface area contributed by atoms with Crippen LogP contribution in [0.1, 0.15) is 37.5 Å². The van der Waals surface area contributed by atoms with Crippen molar-refractivity contribution >= 4 is 17.2 Å². The number of pyridine rings is 2. The van der Waals surface area contributed by atoms with Gasteiger partial charge in [0.1, 0.15) is 11.6 Å². The number of para-hydroxylation sites is 1. The Bertz CT molecular complexity index is 2140. The first-order valence-electron chi connectivity index (χ1n) is 16.6. The number of hydrogen-bond acceptors (Lipinski definition) is 4. The smallest absolute Gasteiger partial charge is 0.136 e. The van der Waals surface area contributed by atoms with Gasteiger partial charge >= 0.3 is 0 Å². The Labute approximate surface area is 309 Å². The first-order valence-corrected chi connectivity index (χ1v) is 16.6. The average Bonchev–Trinajstić information content (AvgIpc) is 3.13. The maximum absolute atomic E-state index is 11.2. The molecule has 0 spiro atoms. The normalized spacial score (nSPS) is 11.1. The van der Waals surface area contributed by atoms with Crippen molar-refractivity contribution in [2.24, 2.45) is 0 Å². The van der Waals surface area contributed by atoms with Crippen LogP contribution in [0.4, 0.5) is 17.2 Å².